The Balaban J connectivity index is 2.79. The Hall–Kier alpha value is -1.08. The van der Waals surface area contributed by atoms with Crippen molar-refractivity contribution < 1.29 is 23.1 Å². The highest BCUT2D eigenvalue weighted by Gasteiger charge is 2.33. The molecule has 112 valence electrons. The lowest BCUT2D eigenvalue weighted by Crippen LogP contribution is -2.28. The van der Waals surface area contributed by atoms with Crippen LogP contribution in [0.25, 0.3) is 0 Å². The first-order valence-electron chi connectivity index (χ1n) is 6.01. The van der Waals surface area contributed by atoms with E-state index in [9.17, 15) is 18.0 Å². The Kier molecular flexibility index (Phi) is 6.01. The zero-order chi connectivity index (χ0) is 15.3. The highest BCUT2D eigenvalue weighted by molar-refractivity contribution is 9.10. The standard InChI is InChI=1S/C13H15BrF3NO2/c1-8(4-5-19)7-18-12(20)9-2-3-11(14)10(6-9)13(15,16)17/h2-3,6,8,19H,4-5,7H2,1H3,(H,18,20). The lowest BCUT2D eigenvalue weighted by molar-refractivity contribution is -0.138. The molecule has 0 heterocycles. The van der Waals surface area contributed by atoms with Crippen LogP contribution in [0.3, 0.4) is 0 Å². The molecule has 1 aromatic carbocycles. The second kappa shape index (κ2) is 7.08. The summed E-state index contributed by atoms with van der Waals surface area (Å²) in [6.45, 7) is 2.14. The first kappa shape index (κ1) is 17.0. The number of aliphatic hydroxyl groups is 1. The molecule has 1 amide bonds. The minimum absolute atomic E-state index is 0.00748. The molecule has 0 aromatic heterocycles. The van der Waals surface area contributed by atoms with Gasteiger partial charge in [-0.05, 0) is 30.5 Å². The maximum atomic E-state index is 12.7. The molecule has 0 spiro atoms. The van der Waals surface area contributed by atoms with Gasteiger partial charge in [0.2, 0.25) is 0 Å². The fourth-order valence-electron chi connectivity index (χ4n) is 1.58. The van der Waals surface area contributed by atoms with Gasteiger partial charge in [-0.3, -0.25) is 4.79 Å². The molecule has 0 aliphatic carbocycles. The predicted octanol–water partition coefficient (Wildman–Crippen LogP) is 3.22. The zero-order valence-corrected chi connectivity index (χ0v) is 12.4. The summed E-state index contributed by atoms with van der Waals surface area (Å²) in [5.74, 6) is -0.505. The van der Waals surface area contributed by atoms with Gasteiger partial charge in [-0.2, -0.15) is 13.2 Å². The fraction of sp³-hybridized carbons (Fsp3) is 0.462. The van der Waals surface area contributed by atoms with Crippen LogP contribution in [-0.4, -0.2) is 24.2 Å². The van der Waals surface area contributed by atoms with Gasteiger partial charge in [0.15, 0.2) is 0 Å². The van der Waals surface area contributed by atoms with Crippen LogP contribution in [0.1, 0.15) is 29.3 Å². The molecule has 2 N–H and O–H groups in total. The Morgan fingerprint density at radius 2 is 2.10 bits per heavy atom. The summed E-state index contributed by atoms with van der Waals surface area (Å²) in [6.07, 6.45) is -3.99. The van der Waals surface area contributed by atoms with Gasteiger partial charge in [0, 0.05) is 23.2 Å². The number of nitrogens with one attached hydrogen (secondary N) is 1. The van der Waals surface area contributed by atoms with Crippen molar-refractivity contribution in [2.75, 3.05) is 13.2 Å². The zero-order valence-electron chi connectivity index (χ0n) is 10.8. The molecular formula is C13H15BrF3NO2. The molecule has 0 aliphatic heterocycles. The minimum Gasteiger partial charge on any atom is -0.396 e. The quantitative estimate of drug-likeness (QED) is 0.853. The summed E-state index contributed by atoms with van der Waals surface area (Å²) in [5, 5.41) is 11.3. The summed E-state index contributed by atoms with van der Waals surface area (Å²) in [6, 6.07) is 3.34. The minimum atomic E-state index is -4.51. The van der Waals surface area contributed by atoms with E-state index < -0.39 is 17.6 Å². The van der Waals surface area contributed by atoms with E-state index >= 15 is 0 Å². The van der Waals surface area contributed by atoms with Gasteiger partial charge in [-0.15, -0.1) is 0 Å². The van der Waals surface area contributed by atoms with Crippen LogP contribution in [0.5, 0.6) is 0 Å². The van der Waals surface area contributed by atoms with Gasteiger partial charge in [-0.25, -0.2) is 0 Å². The second-order valence-electron chi connectivity index (χ2n) is 4.52. The molecule has 1 aromatic rings. The largest absolute Gasteiger partial charge is 0.417 e. The van der Waals surface area contributed by atoms with E-state index in [1.165, 1.54) is 12.1 Å². The van der Waals surface area contributed by atoms with Crippen molar-refractivity contribution in [2.24, 2.45) is 5.92 Å². The number of halogens is 4. The topological polar surface area (TPSA) is 49.3 Å². The number of alkyl halides is 3. The van der Waals surface area contributed by atoms with E-state index in [0.717, 1.165) is 6.07 Å². The molecule has 0 saturated carbocycles. The van der Waals surface area contributed by atoms with E-state index in [1.54, 1.807) is 0 Å². The van der Waals surface area contributed by atoms with Crippen molar-refractivity contribution in [3.05, 3.63) is 33.8 Å². The number of rotatable bonds is 5. The number of hydrogen-bond donors (Lipinski definition) is 2. The smallest absolute Gasteiger partial charge is 0.396 e. The Morgan fingerprint density at radius 3 is 2.65 bits per heavy atom. The molecular weight excluding hydrogens is 339 g/mol. The molecule has 1 unspecified atom stereocenters. The lowest BCUT2D eigenvalue weighted by Gasteiger charge is -2.13. The van der Waals surface area contributed by atoms with Gasteiger partial charge < -0.3 is 10.4 Å². The first-order valence-corrected chi connectivity index (χ1v) is 6.80. The molecule has 1 atom stereocenters. The van der Waals surface area contributed by atoms with Crippen molar-refractivity contribution in [3.63, 3.8) is 0 Å². The summed E-state index contributed by atoms with van der Waals surface area (Å²) < 4.78 is 38.0. The number of benzene rings is 1. The highest BCUT2D eigenvalue weighted by Crippen LogP contribution is 2.35. The summed E-state index contributed by atoms with van der Waals surface area (Å²) in [4.78, 5) is 11.8. The summed E-state index contributed by atoms with van der Waals surface area (Å²) >= 11 is 2.82. The highest BCUT2D eigenvalue weighted by atomic mass is 79.9. The van der Waals surface area contributed by atoms with Gasteiger partial charge >= 0.3 is 6.18 Å². The van der Waals surface area contributed by atoms with Gasteiger partial charge in [0.25, 0.3) is 5.91 Å². The molecule has 7 heteroatoms. The molecule has 3 nitrogen and oxygen atoms in total. The third-order valence-electron chi connectivity index (χ3n) is 2.77. The van der Waals surface area contributed by atoms with Crippen LogP contribution in [0, 0.1) is 5.92 Å². The first-order chi connectivity index (χ1) is 9.25. The molecule has 20 heavy (non-hydrogen) atoms. The molecule has 0 fully saturated rings. The molecule has 0 saturated heterocycles. The van der Waals surface area contributed by atoms with E-state index in [4.69, 9.17) is 5.11 Å². The molecule has 0 aliphatic rings. The number of amides is 1. The Bertz CT molecular complexity index is 477. The Labute approximate surface area is 123 Å². The number of aliphatic hydroxyl groups excluding tert-OH is 1. The Morgan fingerprint density at radius 1 is 1.45 bits per heavy atom. The number of carbonyl (C=O) groups is 1. The third kappa shape index (κ3) is 4.79. The second-order valence-corrected chi connectivity index (χ2v) is 5.37. The molecule has 1 rings (SSSR count). The average molecular weight is 354 g/mol. The average Bonchev–Trinajstić information content (AvgIpc) is 2.35. The van der Waals surface area contributed by atoms with Crippen molar-refractivity contribution in [1.29, 1.82) is 0 Å². The van der Waals surface area contributed by atoms with Gasteiger partial charge in [-0.1, -0.05) is 22.9 Å². The summed E-state index contributed by atoms with van der Waals surface area (Å²) in [7, 11) is 0. The van der Waals surface area contributed by atoms with Crippen LogP contribution in [0.15, 0.2) is 22.7 Å². The number of carbonyl (C=O) groups excluding carboxylic acids is 1. The van der Waals surface area contributed by atoms with Crippen LogP contribution in [0.2, 0.25) is 0 Å². The van der Waals surface area contributed by atoms with Crippen molar-refractivity contribution in [2.45, 2.75) is 19.5 Å². The van der Waals surface area contributed by atoms with Crippen LogP contribution < -0.4 is 5.32 Å². The molecule has 0 bridgehead atoms. The van der Waals surface area contributed by atoms with Gasteiger partial charge in [0.05, 0.1) is 5.56 Å². The molecule has 0 radical (unpaired) electrons. The summed E-state index contributed by atoms with van der Waals surface area (Å²) in [5.41, 5.74) is -0.926. The van der Waals surface area contributed by atoms with Crippen molar-refractivity contribution in [3.8, 4) is 0 Å². The van der Waals surface area contributed by atoms with E-state index in [2.05, 4.69) is 21.2 Å². The van der Waals surface area contributed by atoms with E-state index in [0.29, 0.717) is 13.0 Å². The van der Waals surface area contributed by atoms with E-state index in [1.807, 2.05) is 6.92 Å². The van der Waals surface area contributed by atoms with E-state index in [-0.39, 0.29) is 22.6 Å². The third-order valence-corrected chi connectivity index (χ3v) is 3.46. The maximum Gasteiger partial charge on any atom is 0.417 e. The van der Waals surface area contributed by atoms with Crippen LogP contribution in [-0.2, 0) is 6.18 Å². The normalized spacial score (nSPS) is 13.1. The van der Waals surface area contributed by atoms with Crippen molar-refractivity contribution >= 4 is 21.8 Å². The predicted molar refractivity (Wildman–Crippen MR) is 72.3 cm³/mol. The monoisotopic (exact) mass is 353 g/mol. The van der Waals surface area contributed by atoms with Crippen molar-refractivity contribution in [1.82, 2.24) is 5.32 Å². The lowest BCUT2D eigenvalue weighted by atomic mass is 10.1. The maximum absolute atomic E-state index is 12.7. The van der Waals surface area contributed by atoms with Crippen LogP contribution >= 0.6 is 15.9 Å². The number of hydrogen-bond acceptors (Lipinski definition) is 2. The van der Waals surface area contributed by atoms with Crippen LogP contribution in [0.4, 0.5) is 13.2 Å². The fourth-order valence-corrected chi connectivity index (χ4v) is 2.05. The van der Waals surface area contributed by atoms with Gasteiger partial charge in [0.1, 0.15) is 0 Å². The SMILES string of the molecule is CC(CCO)CNC(=O)c1ccc(Br)c(C(F)(F)F)c1.